The summed E-state index contributed by atoms with van der Waals surface area (Å²) in [5.74, 6) is -2.73. The fraction of sp³-hybridized carbons (Fsp3) is 0.462. The highest BCUT2D eigenvalue weighted by atomic mass is 16.8. The number of nitro benzene ring substituents is 4. The number of aliphatic hydroxyl groups is 6. The molecule has 6 N–H and O–H groups in total. The molecule has 25 nitrogen and oxygen atoms in total. The minimum absolute atomic E-state index is 0.585. The summed E-state index contributed by atoms with van der Waals surface area (Å²) in [6.45, 7) is -1.91. The standard InChI is InChI=1S/C26H26N4O21/c31-17-15(7-47-23(37)9-1-11(27(39)40)5-12(2-9)28(41)42)49-25(21(35)19(17)33)51-26-22(36)20(34)18(32)16(50-26)8-48-24(38)10-3-13(29(43)44)6-14(4-10)30(45)46/h1-6,15-22,25-26,31-36H,7-8H2/t15-,16-,17-,18-,19+,20+,21-,22-,25-,26-/m1/s1. The van der Waals surface area contributed by atoms with E-state index in [1.165, 1.54) is 0 Å². The SMILES string of the molecule is O=C(OC[C@H]1O[C@H](O[C@H]2O[C@H](COC(=O)c3cc([N+](=O)[O-])cc([N+](=O)[O-])c3)[C@@H](O)[C@H](O)[C@H]2O)[C@H](O)[C@@H](O)[C@@H]1O)c1cc([N+](=O)[O-])cc([N+](=O)[O-])c1. The van der Waals surface area contributed by atoms with Crippen molar-refractivity contribution in [1.82, 2.24) is 0 Å². The second-order valence-corrected chi connectivity index (χ2v) is 10.9. The Bertz CT molecular complexity index is 1520. The predicted molar refractivity (Wildman–Crippen MR) is 155 cm³/mol. The van der Waals surface area contributed by atoms with Crippen molar-refractivity contribution in [3.8, 4) is 0 Å². The highest BCUT2D eigenvalue weighted by Gasteiger charge is 2.50. The number of nitrogens with zero attached hydrogens (tertiary/aromatic N) is 4. The normalized spacial score (nSPS) is 29.1. The van der Waals surface area contributed by atoms with E-state index in [0.29, 0.717) is 36.4 Å². The van der Waals surface area contributed by atoms with Crippen LogP contribution in [0.15, 0.2) is 36.4 Å². The van der Waals surface area contributed by atoms with Gasteiger partial charge in [-0.05, 0) is 0 Å². The number of esters is 2. The number of hydrogen-bond donors (Lipinski definition) is 6. The molecule has 10 atom stereocenters. The van der Waals surface area contributed by atoms with Crippen LogP contribution in [0.4, 0.5) is 22.7 Å². The van der Waals surface area contributed by atoms with Crippen LogP contribution >= 0.6 is 0 Å². The quantitative estimate of drug-likeness (QED) is 0.0778. The number of non-ortho nitro benzene ring substituents is 4. The van der Waals surface area contributed by atoms with Gasteiger partial charge in [-0.1, -0.05) is 0 Å². The first-order valence-corrected chi connectivity index (χ1v) is 14.2. The van der Waals surface area contributed by atoms with E-state index < -0.39 is 140 Å². The summed E-state index contributed by atoms with van der Waals surface area (Å²) in [7, 11) is 0. The van der Waals surface area contributed by atoms with Crippen LogP contribution in [-0.2, 0) is 23.7 Å². The van der Waals surface area contributed by atoms with Crippen molar-refractivity contribution in [3.05, 3.63) is 88.0 Å². The van der Waals surface area contributed by atoms with Gasteiger partial charge in [0.25, 0.3) is 22.7 Å². The van der Waals surface area contributed by atoms with E-state index in [2.05, 4.69) is 0 Å². The number of rotatable bonds is 12. The smallest absolute Gasteiger partial charge is 0.338 e. The van der Waals surface area contributed by atoms with Gasteiger partial charge in [0, 0.05) is 24.3 Å². The maximum absolute atomic E-state index is 12.6. The van der Waals surface area contributed by atoms with Gasteiger partial charge in [0.15, 0.2) is 12.6 Å². The molecule has 4 rings (SSSR count). The van der Waals surface area contributed by atoms with E-state index >= 15 is 0 Å². The van der Waals surface area contributed by atoms with E-state index in [0.717, 1.165) is 0 Å². The zero-order valence-electron chi connectivity index (χ0n) is 25.2. The number of hydrogen-bond acceptors (Lipinski definition) is 21. The molecular formula is C26H26N4O21. The lowest BCUT2D eigenvalue weighted by Crippen LogP contribution is -2.64. The maximum Gasteiger partial charge on any atom is 0.338 e. The van der Waals surface area contributed by atoms with Crippen molar-refractivity contribution in [1.29, 1.82) is 0 Å². The Morgan fingerprint density at radius 3 is 1.10 bits per heavy atom. The van der Waals surface area contributed by atoms with E-state index in [4.69, 9.17) is 23.7 Å². The largest absolute Gasteiger partial charge is 0.459 e. The van der Waals surface area contributed by atoms with Crippen LogP contribution < -0.4 is 0 Å². The van der Waals surface area contributed by atoms with Crippen molar-refractivity contribution in [2.75, 3.05) is 13.2 Å². The fourth-order valence-electron chi connectivity index (χ4n) is 4.80. The van der Waals surface area contributed by atoms with Crippen molar-refractivity contribution in [2.45, 2.75) is 61.4 Å². The molecule has 0 amide bonds. The summed E-state index contributed by atoms with van der Waals surface area (Å²) in [6, 6.07) is 3.84. The molecule has 25 heteroatoms. The predicted octanol–water partition coefficient (Wildman–Crippen LogP) is -2.03. The zero-order chi connectivity index (χ0) is 37.9. The first kappa shape index (κ1) is 38.4. The summed E-state index contributed by atoms with van der Waals surface area (Å²) in [6.07, 6.45) is -20.0. The van der Waals surface area contributed by atoms with Gasteiger partial charge in [0.2, 0.25) is 0 Å². The average Bonchev–Trinajstić information content (AvgIpc) is 3.09. The summed E-state index contributed by atoms with van der Waals surface area (Å²) in [5.41, 5.74) is -4.58. The molecule has 2 aliphatic heterocycles. The van der Waals surface area contributed by atoms with Gasteiger partial charge in [-0.3, -0.25) is 40.5 Å². The number of ether oxygens (including phenoxy) is 5. The first-order valence-electron chi connectivity index (χ1n) is 14.2. The van der Waals surface area contributed by atoms with Gasteiger partial charge in [0.05, 0.1) is 43.0 Å². The highest BCUT2D eigenvalue weighted by molar-refractivity contribution is 5.91. The van der Waals surface area contributed by atoms with Crippen molar-refractivity contribution < 1.29 is 83.6 Å². The van der Waals surface area contributed by atoms with Crippen LogP contribution in [0.3, 0.4) is 0 Å². The Kier molecular flexibility index (Phi) is 11.8. The van der Waals surface area contributed by atoms with Crippen LogP contribution in [0.25, 0.3) is 0 Å². The molecule has 276 valence electrons. The fourth-order valence-corrected chi connectivity index (χ4v) is 4.80. The monoisotopic (exact) mass is 730 g/mol. The zero-order valence-corrected chi connectivity index (χ0v) is 25.2. The topological polar surface area (TPSA) is 374 Å². The number of nitro groups is 4. The lowest BCUT2D eigenvalue weighted by Gasteiger charge is -2.44. The Morgan fingerprint density at radius 1 is 0.529 bits per heavy atom. The Balaban J connectivity index is 1.44. The summed E-state index contributed by atoms with van der Waals surface area (Å²) >= 11 is 0. The highest BCUT2D eigenvalue weighted by Crippen LogP contribution is 2.30. The number of carbonyl (C=O) groups is 2. The van der Waals surface area contributed by atoms with Crippen molar-refractivity contribution >= 4 is 34.7 Å². The lowest BCUT2D eigenvalue weighted by atomic mass is 9.98. The second kappa shape index (κ2) is 15.7. The van der Waals surface area contributed by atoms with Crippen LogP contribution in [0.1, 0.15) is 20.7 Å². The third kappa shape index (κ3) is 8.68. The molecule has 0 saturated carbocycles. The molecule has 0 bridgehead atoms. The van der Waals surface area contributed by atoms with E-state index in [-0.39, 0.29) is 0 Å². The van der Waals surface area contributed by atoms with E-state index in [1.54, 1.807) is 0 Å². The Morgan fingerprint density at radius 2 is 0.824 bits per heavy atom. The molecular weight excluding hydrogens is 704 g/mol. The van der Waals surface area contributed by atoms with Crippen LogP contribution in [0.5, 0.6) is 0 Å². The van der Waals surface area contributed by atoms with Crippen LogP contribution in [-0.4, -0.2) is 137 Å². The second-order valence-electron chi connectivity index (χ2n) is 10.9. The van der Waals surface area contributed by atoms with Crippen LogP contribution in [0.2, 0.25) is 0 Å². The van der Waals surface area contributed by atoms with Gasteiger partial charge in [0.1, 0.15) is 62.0 Å². The molecule has 2 aromatic carbocycles. The lowest BCUT2D eigenvalue weighted by molar-refractivity contribution is -0.394. The average molecular weight is 731 g/mol. The molecule has 2 fully saturated rings. The van der Waals surface area contributed by atoms with E-state index in [1.807, 2.05) is 0 Å². The van der Waals surface area contributed by atoms with E-state index in [9.17, 15) is 80.7 Å². The van der Waals surface area contributed by atoms with Gasteiger partial charge < -0.3 is 54.3 Å². The maximum atomic E-state index is 12.6. The molecule has 0 aromatic heterocycles. The number of benzene rings is 2. The van der Waals surface area contributed by atoms with Gasteiger partial charge in [-0.25, -0.2) is 9.59 Å². The molecule has 2 aliphatic rings. The molecule has 2 saturated heterocycles. The van der Waals surface area contributed by atoms with Crippen molar-refractivity contribution in [2.24, 2.45) is 0 Å². The number of carbonyl (C=O) groups excluding carboxylic acids is 2. The molecule has 0 unspecified atom stereocenters. The van der Waals surface area contributed by atoms with Gasteiger partial charge >= 0.3 is 11.9 Å². The molecule has 51 heavy (non-hydrogen) atoms. The minimum atomic E-state index is -2.12. The molecule has 0 radical (unpaired) electrons. The van der Waals surface area contributed by atoms with Gasteiger partial charge in [-0.2, -0.15) is 0 Å². The summed E-state index contributed by atoms with van der Waals surface area (Å²) in [4.78, 5) is 65.6. The third-order valence-electron chi connectivity index (χ3n) is 7.48. The number of aliphatic hydroxyl groups excluding tert-OH is 6. The Labute approximate surface area is 281 Å². The minimum Gasteiger partial charge on any atom is -0.459 e. The summed E-state index contributed by atoms with van der Waals surface area (Å²) < 4.78 is 25.9. The molecule has 0 spiro atoms. The van der Waals surface area contributed by atoms with Gasteiger partial charge in [-0.15, -0.1) is 0 Å². The third-order valence-corrected chi connectivity index (χ3v) is 7.48. The Hall–Kier alpha value is -5.38. The summed E-state index contributed by atoms with van der Waals surface area (Å²) in [5, 5.41) is 107. The molecule has 2 heterocycles. The molecule has 0 aliphatic carbocycles. The molecule has 2 aromatic rings. The first-order chi connectivity index (χ1) is 23.9. The van der Waals surface area contributed by atoms with Crippen LogP contribution in [0, 0.1) is 40.5 Å². The van der Waals surface area contributed by atoms with Crippen molar-refractivity contribution in [3.63, 3.8) is 0 Å².